The maximum absolute atomic E-state index is 12.9. The number of hydrogen-bond acceptors (Lipinski definition) is 6. The van der Waals surface area contributed by atoms with Gasteiger partial charge in [-0.2, -0.15) is 0 Å². The number of amides is 1. The lowest BCUT2D eigenvalue weighted by molar-refractivity contribution is 0.0778. The van der Waals surface area contributed by atoms with E-state index in [1.807, 2.05) is 52.0 Å². The van der Waals surface area contributed by atoms with Gasteiger partial charge in [-0.25, -0.2) is 4.98 Å². The summed E-state index contributed by atoms with van der Waals surface area (Å²) >= 11 is 1.45. The number of aromatic nitrogens is 2. The lowest BCUT2D eigenvalue weighted by Crippen LogP contribution is -2.27. The lowest BCUT2D eigenvalue weighted by atomic mass is 10.1. The number of pyridine rings is 1. The molecule has 0 saturated carbocycles. The van der Waals surface area contributed by atoms with Crippen molar-refractivity contribution in [2.45, 2.75) is 40.3 Å². The van der Waals surface area contributed by atoms with Gasteiger partial charge in [-0.1, -0.05) is 0 Å². The lowest BCUT2D eigenvalue weighted by Gasteiger charge is -2.18. The smallest absolute Gasteiger partial charge is 0.273 e. The Morgan fingerprint density at radius 2 is 1.90 bits per heavy atom. The molecule has 0 saturated heterocycles. The van der Waals surface area contributed by atoms with E-state index in [9.17, 15) is 4.79 Å². The van der Waals surface area contributed by atoms with Gasteiger partial charge in [0.2, 0.25) is 0 Å². The second kappa shape index (κ2) is 9.26. The molecule has 0 radical (unpaired) electrons. The second-order valence-electron chi connectivity index (χ2n) is 7.44. The predicted octanol–water partition coefficient (Wildman–Crippen LogP) is 4.89. The normalized spacial score (nSPS) is 10.9. The quantitative estimate of drug-likeness (QED) is 0.539. The van der Waals surface area contributed by atoms with E-state index in [0.717, 1.165) is 38.9 Å². The van der Waals surface area contributed by atoms with Crippen LogP contribution in [0.2, 0.25) is 0 Å². The molecule has 0 atom stereocenters. The summed E-state index contributed by atoms with van der Waals surface area (Å²) in [5, 5.41) is 2.59. The van der Waals surface area contributed by atoms with Gasteiger partial charge in [-0.3, -0.25) is 9.78 Å². The Morgan fingerprint density at radius 3 is 2.53 bits per heavy atom. The van der Waals surface area contributed by atoms with E-state index in [2.05, 4.69) is 9.97 Å². The van der Waals surface area contributed by atoms with Crippen molar-refractivity contribution in [1.29, 1.82) is 0 Å². The molecule has 2 aromatic heterocycles. The first-order chi connectivity index (χ1) is 14.3. The molecule has 0 unspecified atom stereocenters. The molecule has 7 heteroatoms. The first-order valence-electron chi connectivity index (χ1n) is 9.77. The van der Waals surface area contributed by atoms with Crippen molar-refractivity contribution in [2.75, 3.05) is 14.2 Å². The number of rotatable bonds is 7. The zero-order valence-electron chi connectivity index (χ0n) is 18.2. The van der Waals surface area contributed by atoms with E-state index in [-0.39, 0.29) is 12.0 Å². The summed E-state index contributed by atoms with van der Waals surface area (Å²) in [5.74, 6) is 1.48. The maximum Gasteiger partial charge on any atom is 0.273 e. The van der Waals surface area contributed by atoms with Crippen LogP contribution in [-0.2, 0) is 6.54 Å². The highest BCUT2D eigenvalue weighted by Gasteiger charge is 2.19. The summed E-state index contributed by atoms with van der Waals surface area (Å²) in [5.41, 5.74) is 4.11. The average Bonchev–Trinajstić information content (AvgIpc) is 3.20. The van der Waals surface area contributed by atoms with Gasteiger partial charge >= 0.3 is 0 Å². The molecular formula is C23H27N3O3S. The minimum absolute atomic E-state index is 0.127. The Bertz CT molecular complexity index is 1030. The maximum atomic E-state index is 12.9. The molecule has 0 aliphatic rings. The summed E-state index contributed by atoms with van der Waals surface area (Å²) in [4.78, 5) is 23.5. The number of aryl methyl sites for hydroxylation is 1. The molecule has 158 valence electrons. The van der Waals surface area contributed by atoms with E-state index >= 15 is 0 Å². The molecule has 1 amide bonds. The monoisotopic (exact) mass is 425 g/mol. The number of nitrogens with zero attached hydrogens (tertiary/aromatic N) is 3. The SMILES string of the molecule is COc1c(C)cnc(CN(C)C(=O)c2csc(-c3ccc(OC(C)C)cc3)n2)c1C. The Balaban J connectivity index is 1.73. The van der Waals surface area contributed by atoms with Crippen molar-refractivity contribution < 1.29 is 14.3 Å². The number of thiazole rings is 1. The van der Waals surface area contributed by atoms with Crippen LogP contribution >= 0.6 is 11.3 Å². The van der Waals surface area contributed by atoms with Gasteiger partial charge in [-0.05, 0) is 52.0 Å². The number of carbonyl (C=O) groups excluding carboxylic acids is 1. The Morgan fingerprint density at radius 1 is 1.20 bits per heavy atom. The van der Waals surface area contributed by atoms with E-state index in [1.165, 1.54) is 11.3 Å². The van der Waals surface area contributed by atoms with Gasteiger partial charge in [-0.15, -0.1) is 11.3 Å². The fraction of sp³-hybridized carbons (Fsp3) is 0.348. The van der Waals surface area contributed by atoms with Crippen molar-refractivity contribution in [3.8, 4) is 22.1 Å². The number of ether oxygens (including phenoxy) is 2. The molecule has 0 aliphatic carbocycles. The number of benzene rings is 1. The van der Waals surface area contributed by atoms with Gasteiger partial charge in [0.05, 0.1) is 25.5 Å². The van der Waals surface area contributed by atoms with Crippen molar-refractivity contribution >= 4 is 17.2 Å². The Kier molecular flexibility index (Phi) is 6.72. The Hall–Kier alpha value is -2.93. The summed E-state index contributed by atoms with van der Waals surface area (Å²) in [6.07, 6.45) is 1.90. The van der Waals surface area contributed by atoms with Crippen LogP contribution in [0, 0.1) is 13.8 Å². The first kappa shape index (κ1) is 21.8. The fourth-order valence-corrected chi connectivity index (χ4v) is 3.98. The molecule has 0 fully saturated rings. The molecule has 30 heavy (non-hydrogen) atoms. The molecule has 3 rings (SSSR count). The summed E-state index contributed by atoms with van der Waals surface area (Å²) in [7, 11) is 3.40. The van der Waals surface area contributed by atoms with Gasteiger partial charge in [0.1, 0.15) is 22.2 Å². The van der Waals surface area contributed by atoms with Crippen molar-refractivity contribution in [3.05, 3.63) is 58.4 Å². The predicted molar refractivity (Wildman–Crippen MR) is 119 cm³/mol. The molecule has 1 aromatic carbocycles. The minimum Gasteiger partial charge on any atom is -0.496 e. The molecule has 3 aromatic rings. The third kappa shape index (κ3) is 4.79. The highest BCUT2D eigenvalue weighted by atomic mass is 32.1. The van der Waals surface area contributed by atoms with Crippen LogP contribution in [0.5, 0.6) is 11.5 Å². The van der Waals surface area contributed by atoms with Gasteiger partial charge in [0.15, 0.2) is 0 Å². The number of carbonyl (C=O) groups is 1. The van der Waals surface area contributed by atoms with Crippen LogP contribution in [0.15, 0.2) is 35.8 Å². The molecular weight excluding hydrogens is 398 g/mol. The van der Waals surface area contributed by atoms with E-state index in [0.29, 0.717) is 12.2 Å². The molecule has 0 N–H and O–H groups in total. The summed E-state index contributed by atoms with van der Waals surface area (Å²) in [6.45, 7) is 8.28. The van der Waals surface area contributed by atoms with Crippen molar-refractivity contribution in [1.82, 2.24) is 14.9 Å². The summed E-state index contributed by atoms with van der Waals surface area (Å²) in [6, 6.07) is 7.76. The Labute approximate surface area is 181 Å². The minimum atomic E-state index is -0.141. The highest BCUT2D eigenvalue weighted by Crippen LogP contribution is 2.28. The highest BCUT2D eigenvalue weighted by molar-refractivity contribution is 7.13. The summed E-state index contributed by atoms with van der Waals surface area (Å²) < 4.78 is 11.1. The standard InChI is InChI=1S/C23H27N3O3S/c1-14(2)29-18-9-7-17(8-10-18)22-25-20(13-30-22)23(27)26(5)12-19-16(4)21(28-6)15(3)11-24-19/h7-11,13-14H,12H2,1-6H3. The second-order valence-corrected chi connectivity index (χ2v) is 8.29. The van der Waals surface area contributed by atoms with Gasteiger partial charge in [0, 0.05) is 35.3 Å². The molecule has 0 bridgehead atoms. The number of methoxy groups -OCH3 is 1. The van der Waals surface area contributed by atoms with E-state index < -0.39 is 0 Å². The van der Waals surface area contributed by atoms with E-state index in [4.69, 9.17) is 9.47 Å². The molecule has 2 heterocycles. The topological polar surface area (TPSA) is 64.5 Å². The molecule has 0 spiro atoms. The number of hydrogen-bond donors (Lipinski definition) is 0. The van der Waals surface area contributed by atoms with Crippen LogP contribution in [0.3, 0.4) is 0 Å². The van der Waals surface area contributed by atoms with Crippen LogP contribution in [0.1, 0.15) is 41.2 Å². The van der Waals surface area contributed by atoms with E-state index in [1.54, 1.807) is 30.6 Å². The first-order valence-corrected chi connectivity index (χ1v) is 10.6. The zero-order chi connectivity index (χ0) is 21.8. The van der Waals surface area contributed by atoms with Crippen molar-refractivity contribution in [3.63, 3.8) is 0 Å². The van der Waals surface area contributed by atoms with Crippen LogP contribution in [0.4, 0.5) is 0 Å². The van der Waals surface area contributed by atoms with Crippen LogP contribution in [0.25, 0.3) is 10.6 Å². The third-order valence-electron chi connectivity index (χ3n) is 4.68. The van der Waals surface area contributed by atoms with Gasteiger partial charge in [0.25, 0.3) is 5.91 Å². The third-order valence-corrected chi connectivity index (χ3v) is 5.57. The van der Waals surface area contributed by atoms with Crippen LogP contribution in [-0.4, -0.2) is 41.0 Å². The van der Waals surface area contributed by atoms with Gasteiger partial charge < -0.3 is 14.4 Å². The van der Waals surface area contributed by atoms with Crippen molar-refractivity contribution in [2.24, 2.45) is 0 Å². The zero-order valence-corrected chi connectivity index (χ0v) is 19.0. The fourth-order valence-electron chi connectivity index (χ4n) is 3.18. The molecule has 0 aliphatic heterocycles. The average molecular weight is 426 g/mol. The van der Waals surface area contributed by atoms with Crippen LogP contribution < -0.4 is 9.47 Å². The molecule has 6 nitrogen and oxygen atoms in total. The largest absolute Gasteiger partial charge is 0.496 e.